The number of nitro groups is 1. The van der Waals surface area contributed by atoms with Gasteiger partial charge in [0.05, 0.1) is 11.0 Å². The molecule has 0 aliphatic carbocycles. The third-order valence-corrected chi connectivity index (χ3v) is 5.18. The van der Waals surface area contributed by atoms with Crippen molar-refractivity contribution >= 4 is 18.1 Å². The van der Waals surface area contributed by atoms with Gasteiger partial charge in [0, 0.05) is 18.7 Å². The summed E-state index contributed by atoms with van der Waals surface area (Å²) in [6.45, 7) is 4.43. The Morgan fingerprint density at radius 3 is 2.56 bits per heavy atom. The molecule has 27 heavy (non-hydrogen) atoms. The maximum atomic E-state index is 11.0. The lowest BCUT2D eigenvalue weighted by Gasteiger charge is -2.38. The summed E-state index contributed by atoms with van der Waals surface area (Å²) in [6.07, 6.45) is 3.24. The number of hydrogen-bond donors (Lipinski definition) is 0. The first-order valence-corrected chi connectivity index (χ1v) is 9.08. The van der Waals surface area contributed by atoms with Gasteiger partial charge in [-0.15, -0.1) is 12.4 Å². The van der Waals surface area contributed by atoms with Gasteiger partial charge >= 0.3 is 0 Å². The van der Waals surface area contributed by atoms with Crippen molar-refractivity contribution in [2.75, 3.05) is 19.9 Å². The molecule has 0 saturated carbocycles. The second kappa shape index (κ2) is 8.15. The minimum absolute atomic E-state index is 0. The molecular formula is C20H23ClN2O4. The standard InChI is InChI=1S/C20H22N2O4.ClH/c1-2-3-9-21-10-8-15-11-18-19(26-13-25-18)12-17(15)20(21)14-4-6-16(7-5-14)22(23)24;/h4-7,11-12,20H,2-3,8-10,13H2,1H3;1H. The van der Waals surface area contributed by atoms with E-state index < -0.39 is 0 Å². The van der Waals surface area contributed by atoms with Crippen LogP contribution in [0.5, 0.6) is 11.5 Å². The van der Waals surface area contributed by atoms with Crippen molar-refractivity contribution in [3.63, 3.8) is 0 Å². The average molecular weight is 391 g/mol. The highest BCUT2D eigenvalue weighted by Crippen LogP contribution is 2.43. The number of hydrogen-bond acceptors (Lipinski definition) is 5. The van der Waals surface area contributed by atoms with Crippen LogP contribution in [0.15, 0.2) is 36.4 Å². The summed E-state index contributed by atoms with van der Waals surface area (Å²) in [5.74, 6) is 1.60. The lowest BCUT2D eigenvalue weighted by molar-refractivity contribution is -0.384. The molecule has 2 aliphatic rings. The van der Waals surface area contributed by atoms with E-state index in [2.05, 4.69) is 24.0 Å². The molecule has 144 valence electrons. The van der Waals surface area contributed by atoms with Crippen molar-refractivity contribution in [3.05, 3.63) is 63.2 Å². The first-order valence-electron chi connectivity index (χ1n) is 9.08. The van der Waals surface area contributed by atoms with Gasteiger partial charge in [-0.2, -0.15) is 0 Å². The van der Waals surface area contributed by atoms with E-state index in [-0.39, 0.29) is 35.9 Å². The van der Waals surface area contributed by atoms with Gasteiger partial charge < -0.3 is 9.47 Å². The van der Waals surface area contributed by atoms with E-state index in [1.54, 1.807) is 12.1 Å². The number of fused-ring (bicyclic) bond motifs is 2. The monoisotopic (exact) mass is 390 g/mol. The zero-order valence-electron chi connectivity index (χ0n) is 15.2. The van der Waals surface area contributed by atoms with Crippen LogP contribution < -0.4 is 9.47 Å². The molecule has 0 N–H and O–H groups in total. The molecule has 0 aromatic heterocycles. The van der Waals surface area contributed by atoms with E-state index in [1.807, 2.05) is 12.1 Å². The Balaban J connectivity index is 0.00000210. The number of nitrogens with zero attached hydrogens (tertiary/aromatic N) is 2. The van der Waals surface area contributed by atoms with Crippen molar-refractivity contribution in [2.24, 2.45) is 0 Å². The summed E-state index contributed by atoms with van der Waals surface area (Å²) in [6, 6.07) is 11.2. The second-order valence-electron chi connectivity index (χ2n) is 6.79. The quantitative estimate of drug-likeness (QED) is 0.555. The van der Waals surface area contributed by atoms with Gasteiger partial charge in [-0.1, -0.05) is 25.5 Å². The topological polar surface area (TPSA) is 64.8 Å². The summed E-state index contributed by atoms with van der Waals surface area (Å²) in [4.78, 5) is 13.1. The number of benzene rings is 2. The fourth-order valence-corrected chi connectivity index (χ4v) is 3.83. The minimum Gasteiger partial charge on any atom is -0.454 e. The molecule has 6 nitrogen and oxygen atoms in total. The van der Waals surface area contributed by atoms with E-state index >= 15 is 0 Å². The van der Waals surface area contributed by atoms with Crippen LogP contribution in [0.4, 0.5) is 5.69 Å². The molecule has 2 aromatic rings. The van der Waals surface area contributed by atoms with Crippen LogP contribution in [-0.4, -0.2) is 29.7 Å². The highest BCUT2D eigenvalue weighted by Gasteiger charge is 2.31. The number of nitro benzene ring substituents is 1. The molecule has 0 spiro atoms. The highest BCUT2D eigenvalue weighted by molar-refractivity contribution is 5.85. The van der Waals surface area contributed by atoms with Gasteiger partial charge in [-0.25, -0.2) is 0 Å². The summed E-state index contributed by atoms with van der Waals surface area (Å²) in [5, 5.41) is 11.0. The molecule has 7 heteroatoms. The normalized spacial score (nSPS) is 17.9. The minimum atomic E-state index is -0.356. The molecule has 0 bridgehead atoms. The Kier molecular flexibility index (Phi) is 5.87. The van der Waals surface area contributed by atoms with E-state index in [4.69, 9.17) is 9.47 Å². The van der Waals surface area contributed by atoms with Crippen molar-refractivity contribution < 1.29 is 14.4 Å². The van der Waals surface area contributed by atoms with Gasteiger partial charge in [-0.05, 0) is 48.2 Å². The van der Waals surface area contributed by atoms with Crippen LogP contribution in [0.25, 0.3) is 0 Å². The molecule has 1 unspecified atom stereocenters. The summed E-state index contributed by atoms with van der Waals surface area (Å²) in [7, 11) is 0. The number of rotatable bonds is 5. The first kappa shape index (κ1) is 19.5. The van der Waals surface area contributed by atoms with Gasteiger partial charge in [-0.3, -0.25) is 15.0 Å². The fourth-order valence-electron chi connectivity index (χ4n) is 3.83. The first-order chi connectivity index (χ1) is 12.7. The fraction of sp³-hybridized carbons (Fsp3) is 0.400. The van der Waals surface area contributed by atoms with E-state index in [0.717, 1.165) is 49.4 Å². The third kappa shape index (κ3) is 3.73. The molecule has 2 heterocycles. The zero-order valence-corrected chi connectivity index (χ0v) is 16.0. The highest BCUT2D eigenvalue weighted by atomic mass is 35.5. The van der Waals surface area contributed by atoms with Crippen LogP contribution in [0.1, 0.15) is 42.5 Å². The second-order valence-corrected chi connectivity index (χ2v) is 6.79. The van der Waals surface area contributed by atoms with Gasteiger partial charge in [0.25, 0.3) is 5.69 Å². The lowest BCUT2D eigenvalue weighted by atomic mass is 9.87. The van der Waals surface area contributed by atoms with Gasteiger partial charge in [0.1, 0.15) is 0 Å². The molecular weight excluding hydrogens is 368 g/mol. The Labute approximate surface area is 164 Å². The Morgan fingerprint density at radius 1 is 1.19 bits per heavy atom. The van der Waals surface area contributed by atoms with Crippen LogP contribution >= 0.6 is 12.4 Å². The number of non-ortho nitro benzene ring substituents is 1. The Bertz CT molecular complexity index is 825. The van der Waals surface area contributed by atoms with Crippen LogP contribution in [0.3, 0.4) is 0 Å². The summed E-state index contributed by atoms with van der Waals surface area (Å²) >= 11 is 0. The number of halogens is 1. The van der Waals surface area contributed by atoms with E-state index in [9.17, 15) is 10.1 Å². The number of ether oxygens (including phenoxy) is 2. The molecule has 2 aliphatic heterocycles. The van der Waals surface area contributed by atoms with Crippen molar-refractivity contribution in [2.45, 2.75) is 32.2 Å². The van der Waals surface area contributed by atoms with Crippen LogP contribution in [0, 0.1) is 10.1 Å². The Morgan fingerprint density at radius 2 is 1.89 bits per heavy atom. The van der Waals surface area contributed by atoms with Crippen molar-refractivity contribution in [1.29, 1.82) is 0 Å². The predicted octanol–water partition coefficient (Wildman–Crippen LogP) is 4.49. The molecule has 0 radical (unpaired) electrons. The molecule has 0 saturated heterocycles. The molecule has 2 aromatic carbocycles. The van der Waals surface area contributed by atoms with Gasteiger partial charge in [0.15, 0.2) is 11.5 Å². The maximum Gasteiger partial charge on any atom is 0.269 e. The van der Waals surface area contributed by atoms with E-state index in [0.29, 0.717) is 0 Å². The summed E-state index contributed by atoms with van der Waals surface area (Å²) in [5.41, 5.74) is 3.68. The van der Waals surface area contributed by atoms with Crippen molar-refractivity contribution in [1.82, 2.24) is 4.90 Å². The third-order valence-electron chi connectivity index (χ3n) is 5.18. The largest absolute Gasteiger partial charge is 0.454 e. The number of unbranched alkanes of at least 4 members (excludes halogenated alkanes) is 1. The Hall–Kier alpha value is -2.31. The summed E-state index contributed by atoms with van der Waals surface area (Å²) < 4.78 is 11.1. The maximum absolute atomic E-state index is 11.0. The van der Waals surface area contributed by atoms with Crippen LogP contribution in [0.2, 0.25) is 0 Å². The van der Waals surface area contributed by atoms with Crippen LogP contribution in [-0.2, 0) is 6.42 Å². The molecule has 0 amide bonds. The van der Waals surface area contributed by atoms with Gasteiger partial charge in [0.2, 0.25) is 6.79 Å². The molecule has 0 fully saturated rings. The molecule has 1 atom stereocenters. The van der Waals surface area contributed by atoms with E-state index in [1.165, 1.54) is 11.1 Å². The smallest absolute Gasteiger partial charge is 0.269 e. The van der Waals surface area contributed by atoms with Crippen molar-refractivity contribution in [3.8, 4) is 11.5 Å². The SMILES string of the molecule is CCCCN1CCc2cc3c(cc2C1c1ccc([N+](=O)[O-])cc1)OCO3.Cl. The molecule has 4 rings (SSSR count). The lowest BCUT2D eigenvalue weighted by Crippen LogP contribution is -2.36. The predicted molar refractivity (Wildman–Crippen MR) is 105 cm³/mol. The average Bonchev–Trinajstić information content (AvgIpc) is 3.11. The zero-order chi connectivity index (χ0) is 18.1.